The molecule has 0 radical (unpaired) electrons. The van der Waals surface area contributed by atoms with Gasteiger partial charge < -0.3 is 10.5 Å². The maximum absolute atomic E-state index is 10.9. The Balaban J connectivity index is 1.92. The van der Waals surface area contributed by atoms with Crippen molar-refractivity contribution in [3.05, 3.63) is 52.3 Å². The van der Waals surface area contributed by atoms with Gasteiger partial charge in [0.25, 0.3) is 5.88 Å². The minimum absolute atomic E-state index is 0.0874. The van der Waals surface area contributed by atoms with Gasteiger partial charge in [-0.05, 0) is 18.4 Å². The van der Waals surface area contributed by atoms with Gasteiger partial charge in [-0.3, -0.25) is 10.1 Å². The fourth-order valence-electron chi connectivity index (χ4n) is 1.74. The van der Waals surface area contributed by atoms with Crippen LogP contribution in [0, 0.1) is 10.1 Å². The molecule has 0 atom stereocenters. The van der Waals surface area contributed by atoms with Crippen LogP contribution in [0.4, 0.5) is 11.5 Å². The number of ether oxygens (including phenoxy) is 1. The predicted molar refractivity (Wildman–Crippen MR) is 73.4 cm³/mol. The number of anilines is 1. The van der Waals surface area contributed by atoms with Crippen LogP contribution in [0.3, 0.4) is 0 Å². The minimum atomic E-state index is -0.637. The summed E-state index contributed by atoms with van der Waals surface area (Å²) in [5.41, 5.74) is 6.25. The first-order valence-corrected chi connectivity index (χ1v) is 6.10. The Hall–Kier alpha value is -2.70. The third-order valence-electron chi connectivity index (χ3n) is 2.69. The molecule has 2 N–H and O–H groups in total. The maximum Gasteiger partial charge on any atom is 0.372 e. The van der Waals surface area contributed by atoms with Crippen molar-refractivity contribution in [3.8, 4) is 5.88 Å². The van der Waals surface area contributed by atoms with Crippen molar-refractivity contribution < 1.29 is 9.66 Å². The lowest BCUT2D eigenvalue weighted by molar-refractivity contribution is -0.385. The van der Waals surface area contributed by atoms with E-state index in [9.17, 15) is 10.1 Å². The number of hydrogen-bond donors (Lipinski definition) is 1. The third-order valence-corrected chi connectivity index (χ3v) is 2.69. The number of nitrogen functional groups attached to an aromatic ring is 1. The van der Waals surface area contributed by atoms with Gasteiger partial charge in [-0.1, -0.05) is 30.3 Å². The Morgan fingerprint density at radius 1 is 1.25 bits per heavy atom. The molecule has 0 bridgehead atoms. The molecule has 0 amide bonds. The molecule has 7 nitrogen and oxygen atoms in total. The van der Waals surface area contributed by atoms with Gasteiger partial charge in [-0.25, -0.2) is 4.98 Å². The highest BCUT2D eigenvalue weighted by Crippen LogP contribution is 2.28. The summed E-state index contributed by atoms with van der Waals surface area (Å²) < 4.78 is 5.33. The van der Waals surface area contributed by atoms with Crippen molar-refractivity contribution in [2.24, 2.45) is 0 Å². The Bertz CT molecular complexity index is 589. The molecule has 1 aromatic heterocycles. The molecular formula is C13H14N4O3. The summed E-state index contributed by atoms with van der Waals surface area (Å²) in [6.07, 6.45) is 2.70. The highest BCUT2D eigenvalue weighted by molar-refractivity contribution is 5.57. The number of aromatic nitrogens is 2. The first-order valence-electron chi connectivity index (χ1n) is 6.10. The number of nitrogens with two attached hydrogens (primary N) is 1. The lowest BCUT2D eigenvalue weighted by atomic mass is 10.1. The zero-order chi connectivity index (χ0) is 14.4. The van der Waals surface area contributed by atoms with Crippen LogP contribution in [-0.2, 0) is 6.42 Å². The predicted octanol–water partition coefficient (Wildman–Crippen LogP) is 1.98. The molecule has 0 aliphatic carbocycles. The van der Waals surface area contributed by atoms with E-state index < -0.39 is 4.92 Å². The topological polar surface area (TPSA) is 104 Å². The number of benzene rings is 1. The first kappa shape index (κ1) is 13.7. The summed E-state index contributed by atoms with van der Waals surface area (Å²) in [5, 5.41) is 10.9. The fourth-order valence-corrected chi connectivity index (χ4v) is 1.74. The molecule has 0 aliphatic heterocycles. The van der Waals surface area contributed by atoms with E-state index in [1.54, 1.807) is 0 Å². The van der Waals surface area contributed by atoms with Crippen LogP contribution < -0.4 is 10.5 Å². The highest BCUT2D eigenvalue weighted by Gasteiger charge is 2.22. The molecule has 0 aliphatic rings. The fraction of sp³-hybridized carbons (Fsp3) is 0.231. The minimum Gasteiger partial charge on any atom is -0.473 e. The zero-order valence-corrected chi connectivity index (χ0v) is 10.7. The van der Waals surface area contributed by atoms with Crippen LogP contribution in [-0.4, -0.2) is 21.5 Å². The largest absolute Gasteiger partial charge is 0.473 e. The molecule has 1 heterocycles. The van der Waals surface area contributed by atoms with Crippen LogP contribution >= 0.6 is 0 Å². The van der Waals surface area contributed by atoms with E-state index in [2.05, 4.69) is 9.97 Å². The van der Waals surface area contributed by atoms with Crippen LogP contribution in [0.5, 0.6) is 5.88 Å². The second kappa shape index (κ2) is 6.46. The molecule has 0 fully saturated rings. The first-order chi connectivity index (χ1) is 9.68. The molecule has 2 aromatic rings. The van der Waals surface area contributed by atoms with E-state index in [1.807, 2.05) is 30.3 Å². The Morgan fingerprint density at radius 2 is 2.00 bits per heavy atom. The Labute approximate surface area is 115 Å². The number of aryl methyl sites for hydroxylation is 1. The molecule has 0 unspecified atom stereocenters. The summed E-state index contributed by atoms with van der Waals surface area (Å²) in [6.45, 7) is 0.326. The van der Waals surface area contributed by atoms with Crippen LogP contribution in [0.1, 0.15) is 12.0 Å². The molecule has 0 saturated carbocycles. The molecule has 104 valence electrons. The van der Waals surface area contributed by atoms with E-state index in [1.165, 1.54) is 5.56 Å². The van der Waals surface area contributed by atoms with Gasteiger partial charge in [-0.15, -0.1) is 0 Å². The van der Waals surface area contributed by atoms with Gasteiger partial charge in [-0.2, -0.15) is 4.98 Å². The van der Waals surface area contributed by atoms with Crippen molar-refractivity contribution in [1.82, 2.24) is 9.97 Å². The van der Waals surface area contributed by atoms with Crippen molar-refractivity contribution >= 4 is 11.5 Å². The van der Waals surface area contributed by atoms with Crippen molar-refractivity contribution in [3.63, 3.8) is 0 Å². The van der Waals surface area contributed by atoms with E-state index in [0.717, 1.165) is 19.2 Å². The highest BCUT2D eigenvalue weighted by atomic mass is 16.6. The van der Waals surface area contributed by atoms with Gasteiger partial charge in [0.15, 0.2) is 0 Å². The second-order valence-corrected chi connectivity index (χ2v) is 4.11. The molecule has 0 spiro atoms. The van der Waals surface area contributed by atoms with Crippen molar-refractivity contribution in [1.29, 1.82) is 0 Å². The zero-order valence-electron chi connectivity index (χ0n) is 10.7. The van der Waals surface area contributed by atoms with Crippen LogP contribution in [0.25, 0.3) is 0 Å². The van der Waals surface area contributed by atoms with Gasteiger partial charge in [0.1, 0.15) is 6.33 Å². The molecular weight excluding hydrogens is 260 g/mol. The standard InChI is InChI=1S/C13H14N4O3/c14-12-11(17(18)19)13(16-9-15-12)20-8-4-7-10-5-2-1-3-6-10/h1-3,5-6,9H,4,7-8H2,(H2,14,15,16). The molecule has 1 aromatic carbocycles. The number of rotatable bonds is 6. The van der Waals surface area contributed by atoms with Gasteiger partial charge in [0.05, 0.1) is 11.5 Å². The summed E-state index contributed by atoms with van der Waals surface area (Å²) >= 11 is 0. The van der Waals surface area contributed by atoms with Crippen molar-refractivity contribution in [2.75, 3.05) is 12.3 Å². The summed E-state index contributed by atoms with van der Waals surface area (Å²) in [7, 11) is 0. The lowest BCUT2D eigenvalue weighted by Crippen LogP contribution is -2.06. The number of nitrogens with zero attached hydrogens (tertiary/aromatic N) is 3. The summed E-state index contributed by atoms with van der Waals surface area (Å²) in [4.78, 5) is 17.6. The van der Waals surface area contributed by atoms with E-state index in [4.69, 9.17) is 10.5 Å². The van der Waals surface area contributed by atoms with Crippen LogP contribution in [0.2, 0.25) is 0 Å². The smallest absolute Gasteiger partial charge is 0.372 e. The third kappa shape index (κ3) is 3.41. The normalized spacial score (nSPS) is 10.2. The van der Waals surface area contributed by atoms with E-state index >= 15 is 0 Å². The molecule has 0 saturated heterocycles. The lowest BCUT2D eigenvalue weighted by Gasteiger charge is -2.06. The van der Waals surface area contributed by atoms with E-state index in [0.29, 0.717) is 6.61 Å². The average Bonchev–Trinajstić information content (AvgIpc) is 2.44. The van der Waals surface area contributed by atoms with Gasteiger partial charge >= 0.3 is 5.69 Å². The van der Waals surface area contributed by atoms with Gasteiger partial charge in [0, 0.05) is 0 Å². The molecule has 20 heavy (non-hydrogen) atoms. The quantitative estimate of drug-likeness (QED) is 0.490. The second-order valence-electron chi connectivity index (χ2n) is 4.11. The maximum atomic E-state index is 10.9. The van der Waals surface area contributed by atoms with Crippen LogP contribution in [0.15, 0.2) is 36.7 Å². The summed E-state index contributed by atoms with van der Waals surface area (Å²) in [6, 6.07) is 9.92. The molecule has 2 rings (SSSR count). The Kier molecular flexibility index (Phi) is 4.43. The van der Waals surface area contributed by atoms with E-state index in [-0.39, 0.29) is 17.4 Å². The average molecular weight is 274 g/mol. The molecule has 7 heteroatoms. The number of hydrogen-bond acceptors (Lipinski definition) is 6. The SMILES string of the molecule is Nc1ncnc(OCCCc2ccccc2)c1[N+](=O)[O-]. The summed E-state index contributed by atoms with van der Waals surface area (Å²) in [5.74, 6) is -0.279. The number of nitro groups is 1. The van der Waals surface area contributed by atoms with Crippen molar-refractivity contribution in [2.45, 2.75) is 12.8 Å². The van der Waals surface area contributed by atoms with Gasteiger partial charge in [0.2, 0.25) is 5.82 Å². The Morgan fingerprint density at radius 3 is 2.70 bits per heavy atom. The monoisotopic (exact) mass is 274 g/mol.